The molecule has 108 valence electrons. The molecule has 3 nitrogen and oxygen atoms in total. The first-order chi connectivity index (χ1) is 8.74. The Hall–Kier alpha value is -0.220. The Kier molecular flexibility index (Phi) is 13.1. The van der Waals surface area contributed by atoms with Crippen molar-refractivity contribution in [2.75, 3.05) is 25.1 Å². The van der Waals surface area contributed by atoms with Crippen molar-refractivity contribution in [1.82, 2.24) is 5.32 Å². The van der Waals surface area contributed by atoms with Crippen molar-refractivity contribution in [2.24, 2.45) is 11.7 Å². The summed E-state index contributed by atoms with van der Waals surface area (Å²) in [5, 5.41) is 3.00. The number of amides is 1. The van der Waals surface area contributed by atoms with E-state index in [2.05, 4.69) is 18.5 Å². The molecule has 0 saturated heterocycles. The van der Waals surface area contributed by atoms with Gasteiger partial charge in [-0.1, -0.05) is 19.8 Å². The molecule has 0 aliphatic rings. The molecule has 0 heterocycles. The SMILES string of the molecule is CCCC(CCN)CCC(=O)NCCCCSC. The highest BCUT2D eigenvalue weighted by molar-refractivity contribution is 7.98. The molecule has 18 heavy (non-hydrogen) atoms. The number of rotatable bonds is 12. The molecule has 1 unspecified atom stereocenters. The minimum atomic E-state index is 0.206. The van der Waals surface area contributed by atoms with Gasteiger partial charge in [-0.2, -0.15) is 11.8 Å². The summed E-state index contributed by atoms with van der Waals surface area (Å²) >= 11 is 1.86. The fraction of sp³-hybridized carbons (Fsp3) is 0.929. The van der Waals surface area contributed by atoms with E-state index in [1.165, 1.54) is 25.0 Å². The number of nitrogens with two attached hydrogens (primary N) is 1. The van der Waals surface area contributed by atoms with E-state index in [-0.39, 0.29) is 5.91 Å². The van der Waals surface area contributed by atoms with E-state index >= 15 is 0 Å². The number of nitrogens with one attached hydrogen (secondary N) is 1. The summed E-state index contributed by atoms with van der Waals surface area (Å²) in [5.41, 5.74) is 5.59. The van der Waals surface area contributed by atoms with Gasteiger partial charge in [-0.15, -0.1) is 0 Å². The van der Waals surface area contributed by atoms with Gasteiger partial charge in [-0.05, 0) is 50.2 Å². The quantitative estimate of drug-likeness (QED) is 0.538. The van der Waals surface area contributed by atoms with E-state index < -0.39 is 0 Å². The third-order valence-electron chi connectivity index (χ3n) is 3.15. The van der Waals surface area contributed by atoms with Crippen LogP contribution in [-0.4, -0.2) is 31.0 Å². The lowest BCUT2D eigenvalue weighted by atomic mass is 9.94. The maximum absolute atomic E-state index is 11.6. The molecule has 0 saturated carbocycles. The van der Waals surface area contributed by atoms with Crippen LogP contribution in [0.15, 0.2) is 0 Å². The van der Waals surface area contributed by atoms with Crippen LogP contribution >= 0.6 is 11.8 Å². The van der Waals surface area contributed by atoms with E-state index in [1.807, 2.05) is 11.8 Å². The number of thioether (sulfide) groups is 1. The molecule has 0 bridgehead atoms. The highest BCUT2D eigenvalue weighted by Crippen LogP contribution is 2.16. The van der Waals surface area contributed by atoms with Crippen LogP contribution in [-0.2, 0) is 4.79 Å². The van der Waals surface area contributed by atoms with Crippen molar-refractivity contribution in [1.29, 1.82) is 0 Å². The average molecular weight is 274 g/mol. The first-order valence-electron chi connectivity index (χ1n) is 7.20. The van der Waals surface area contributed by atoms with Gasteiger partial charge in [0.25, 0.3) is 0 Å². The lowest BCUT2D eigenvalue weighted by Gasteiger charge is -2.14. The third-order valence-corrected chi connectivity index (χ3v) is 3.85. The highest BCUT2D eigenvalue weighted by Gasteiger charge is 2.09. The van der Waals surface area contributed by atoms with E-state index in [9.17, 15) is 4.79 Å². The van der Waals surface area contributed by atoms with Gasteiger partial charge in [0.15, 0.2) is 0 Å². The molecule has 1 atom stereocenters. The molecule has 3 N–H and O–H groups in total. The lowest BCUT2D eigenvalue weighted by Crippen LogP contribution is -2.25. The number of carbonyl (C=O) groups is 1. The lowest BCUT2D eigenvalue weighted by molar-refractivity contribution is -0.121. The molecule has 0 aliphatic heterocycles. The topological polar surface area (TPSA) is 55.1 Å². The van der Waals surface area contributed by atoms with Crippen LogP contribution in [0.5, 0.6) is 0 Å². The van der Waals surface area contributed by atoms with Gasteiger partial charge in [-0.25, -0.2) is 0 Å². The van der Waals surface area contributed by atoms with Gasteiger partial charge < -0.3 is 11.1 Å². The molecule has 4 heteroatoms. The van der Waals surface area contributed by atoms with E-state index in [4.69, 9.17) is 5.73 Å². The largest absolute Gasteiger partial charge is 0.356 e. The Balaban J connectivity index is 3.54. The van der Waals surface area contributed by atoms with E-state index in [1.54, 1.807) is 0 Å². The maximum Gasteiger partial charge on any atom is 0.220 e. The van der Waals surface area contributed by atoms with Crippen molar-refractivity contribution >= 4 is 17.7 Å². The number of carbonyl (C=O) groups excluding carboxylic acids is 1. The zero-order valence-corrected chi connectivity index (χ0v) is 12.9. The summed E-state index contributed by atoms with van der Waals surface area (Å²) in [4.78, 5) is 11.6. The zero-order valence-electron chi connectivity index (χ0n) is 12.0. The van der Waals surface area contributed by atoms with Gasteiger partial charge >= 0.3 is 0 Å². The van der Waals surface area contributed by atoms with Gasteiger partial charge in [0.2, 0.25) is 5.91 Å². The normalized spacial score (nSPS) is 12.4. The second-order valence-corrected chi connectivity index (χ2v) is 5.81. The summed E-state index contributed by atoms with van der Waals surface area (Å²) in [6, 6.07) is 0. The highest BCUT2D eigenvalue weighted by atomic mass is 32.2. The Labute approximate surface area is 117 Å². The van der Waals surface area contributed by atoms with Crippen LogP contribution < -0.4 is 11.1 Å². The Morgan fingerprint density at radius 2 is 2.06 bits per heavy atom. The van der Waals surface area contributed by atoms with E-state index in [0.29, 0.717) is 12.3 Å². The summed E-state index contributed by atoms with van der Waals surface area (Å²) in [5.74, 6) is 2.02. The first kappa shape index (κ1) is 17.8. The second kappa shape index (κ2) is 13.2. The van der Waals surface area contributed by atoms with Gasteiger partial charge in [0, 0.05) is 13.0 Å². The van der Waals surface area contributed by atoms with Crippen LogP contribution in [0, 0.1) is 5.92 Å². The predicted molar refractivity (Wildman–Crippen MR) is 81.9 cm³/mol. The van der Waals surface area contributed by atoms with Crippen molar-refractivity contribution in [3.8, 4) is 0 Å². The molecule has 0 spiro atoms. The van der Waals surface area contributed by atoms with Crippen LogP contribution in [0.25, 0.3) is 0 Å². The van der Waals surface area contributed by atoms with Crippen molar-refractivity contribution in [3.63, 3.8) is 0 Å². The standard InChI is InChI=1S/C14H30N2OS/c1-3-6-13(9-10-15)7-8-14(17)16-11-4-5-12-18-2/h13H,3-12,15H2,1-2H3,(H,16,17). The monoisotopic (exact) mass is 274 g/mol. The molecule has 0 aromatic heterocycles. The van der Waals surface area contributed by atoms with Gasteiger partial charge in [0.1, 0.15) is 0 Å². The van der Waals surface area contributed by atoms with Crippen LogP contribution in [0.2, 0.25) is 0 Å². The minimum absolute atomic E-state index is 0.206. The van der Waals surface area contributed by atoms with E-state index in [0.717, 1.165) is 32.4 Å². The van der Waals surface area contributed by atoms with Gasteiger partial charge in [-0.3, -0.25) is 4.79 Å². The average Bonchev–Trinajstić information content (AvgIpc) is 2.36. The van der Waals surface area contributed by atoms with Crippen LogP contribution in [0.1, 0.15) is 51.9 Å². The molecule has 0 rings (SSSR count). The van der Waals surface area contributed by atoms with Crippen molar-refractivity contribution in [3.05, 3.63) is 0 Å². The number of hydrogen-bond acceptors (Lipinski definition) is 3. The summed E-state index contributed by atoms with van der Waals surface area (Å²) < 4.78 is 0. The molecular formula is C14H30N2OS. The number of hydrogen-bond donors (Lipinski definition) is 2. The fourth-order valence-electron chi connectivity index (χ4n) is 2.10. The van der Waals surface area contributed by atoms with Crippen LogP contribution in [0.3, 0.4) is 0 Å². The summed E-state index contributed by atoms with van der Waals surface area (Å²) in [6.45, 7) is 3.75. The molecule has 0 aromatic carbocycles. The first-order valence-corrected chi connectivity index (χ1v) is 8.59. The molecule has 0 radical (unpaired) electrons. The molecular weight excluding hydrogens is 244 g/mol. The molecule has 0 aliphatic carbocycles. The van der Waals surface area contributed by atoms with Gasteiger partial charge in [0.05, 0.1) is 0 Å². The van der Waals surface area contributed by atoms with Crippen molar-refractivity contribution < 1.29 is 4.79 Å². The van der Waals surface area contributed by atoms with Crippen molar-refractivity contribution in [2.45, 2.75) is 51.9 Å². The smallest absolute Gasteiger partial charge is 0.220 e. The Morgan fingerprint density at radius 1 is 1.28 bits per heavy atom. The third kappa shape index (κ3) is 10.9. The Morgan fingerprint density at radius 3 is 2.67 bits per heavy atom. The molecule has 0 aromatic rings. The molecule has 0 fully saturated rings. The fourth-order valence-corrected chi connectivity index (χ4v) is 2.59. The zero-order chi connectivity index (χ0) is 13.6. The minimum Gasteiger partial charge on any atom is -0.356 e. The summed E-state index contributed by atoms with van der Waals surface area (Å²) in [7, 11) is 0. The predicted octanol–water partition coefficient (Wildman–Crippen LogP) is 2.79. The Bertz CT molecular complexity index is 194. The second-order valence-electron chi connectivity index (χ2n) is 4.82. The number of unbranched alkanes of at least 4 members (excludes halogenated alkanes) is 1. The summed E-state index contributed by atoms with van der Waals surface area (Å²) in [6.07, 6.45) is 9.47. The maximum atomic E-state index is 11.6. The van der Waals surface area contributed by atoms with Crippen LogP contribution in [0.4, 0.5) is 0 Å². The molecule has 1 amide bonds.